The number of carboxylic acid groups (broad SMARTS) is 2. The van der Waals surface area contributed by atoms with Crippen molar-refractivity contribution in [1.29, 1.82) is 0 Å². The molecule has 0 aliphatic rings. The van der Waals surface area contributed by atoms with Crippen molar-refractivity contribution in [2.75, 3.05) is 0 Å². The SMILES string of the molecule is CC(C)CC(N)C(=O)NC(Cc1cnc[nH]1)C(=O)NC(Cc1ccc(O)cc1)C(=O)NC(CC(=O)O)C(=O)NC(Cc1ccc(O)cc1)C(=O)NC(CC(C)C)C(=O)NC(Cc1ccc(O)cc1)C(=O)NC(C(=O)O)C(C)O. The summed E-state index contributed by atoms with van der Waals surface area (Å²) in [7, 11) is 0. The molecule has 16 N–H and O–H groups in total. The smallest absolute Gasteiger partial charge is 0.328 e. The number of nitrogens with two attached hydrogens (primary N) is 1. The molecule has 7 amide bonds. The third kappa shape index (κ3) is 20.5. The number of nitrogens with one attached hydrogen (secondary N) is 8. The van der Waals surface area contributed by atoms with Crippen molar-refractivity contribution in [2.45, 2.75) is 134 Å². The number of benzene rings is 3. The summed E-state index contributed by atoms with van der Waals surface area (Å²) in [6, 6.07) is 4.30. The number of imidazole rings is 1. The van der Waals surface area contributed by atoms with Gasteiger partial charge in [-0.2, -0.15) is 0 Å². The number of aromatic amines is 1. The van der Waals surface area contributed by atoms with Gasteiger partial charge in [-0.1, -0.05) is 64.1 Å². The maximum atomic E-state index is 14.5. The summed E-state index contributed by atoms with van der Waals surface area (Å²) in [5, 5.41) is 77.1. The zero-order chi connectivity index (χ0) is 57.8. The van der Waals surface area contributed by atoms with Crippen LogP contribution in [0.3, 0.4) is 0 Å². The number of hydrogen-bond donors (Lipinski definition) is 15. The van der Waals surface area contributed by atoms with Crippen LogP contribution in [0.1, 0.15) is 76.3 Å². The topological polar surface area (TPSA) is 414 Å². The van der Waals surface area contributed by atoms with E-state index >= 15 is 0 Å². The fourth-order valence-electron chi connectivity index (χ4n) is 8.04. The molecular formula is C53H70N10O15. The van der Waals surface area contributed by atoms with Crippen LogP contribution in [0, 0.1) is 11.8 Å². The van der Waals surface area contributed by atoms with Crippen LogP contribution < -0.4 is 43.0 Å². The summed E-state index contributed by atoms with van der Waals surface area (Å²) in [6.45, 7) is 8.29. The van der Waals surface area contributed by atoms with Crippen LogP contribution >= 0.6 is 0 Å². The second-order valence-corrected chi connectivity index (χ2v) is 19.8. The Bertz CT molecular complexity index is 2670. The lowest BCUT2D eigenvalue weighted by molar-refractivity contribution is -0.145. The van der Waals surface area contributed by atoms with E-state index in [1.54, 1.807) is 13.8 Å². The van der Waals surface area contributed by atoms with Gasteiger partial charge in [0.05, 0.1) is 24.9 Å². The molecule has 25 nitrogen and oxygen atoms in total. The van der Waals surface area contributed by atoms with Gasteiger partial charge in [-0.25, -0.2) is 9.78 Å². The maximum Gasteiger partial charge on any atom is 0.328 e. The molecule has 3 aromatic carbocycles. The molecule has 9 atom stereocenters. The lowest BCUT2D eigenvalue weighted by atomic mass is 9.99. The van der Waals surface area contributed by atoms with Gasteiger partial charge in [0.2, 0.25) is 41.4 Å². The molecule has 0 saturated carbocycles. The van der Waals surface area contributed by atoms with Crippen molar-refractivity contribution < 1.29 is 73.8 Å². The summed E-state index contributed by atoms with van der Waals surface area (Å²) < 4.78 is 0. The van der Waals surface area contributed by atoms with Crippen LogP contribution in [0.15, 0.2) is 85.3 Å². The zero-order valence-corrected chi connectivity index (χ0v) is 43.8. The number of nitrogens with zero attached hydrogens (tertiary/aromatic N) is 1. The van der Waals surface area contributed by atoms with Crippen LogP contribution in [0.4, 0.5) is 0 Å². The molecule has 0 aliphatic carbocycles. The van der Waals surface area contributed by atoms with Crippen LogP contribution in [0.25, 0.3) is 0 Å². The third-order valence-electron chi connectivity index (χ3n) is 12.1. The fraction of sp³-hybridized carbons (Fsp3) is 0.434. The summed E-state index contributed by atoms with van der Waals surface area (Å²) in [5.74, 6) is -10.6. The summed E-state index contributed by atoms with van der Waals surface area (Å²) >= 11 is 0. The third-order valence-corrected chi connectivity index (χ3v) is 12.1. The molecule has 9 unspecified atom stereocenters. The Labute approximate surface area is 449 Å². The first-order chi connectivity index (χ1) is 36.8. The van der Waals surface area contributed by atoms with Gasteiger partial charge in [0.15, 0.2) is 6.04 Å². The summed E-state index contributed by atoms with van der Waals surface area (Å²) in [6.07, 6.45) is -0.653. The Morgan fingerprint density at radius 3 is 1.19 bits per heavy atom. The average Bonchev–Trinajstić information content (AvgIpc) is 3.88. The zero-order valence-electron chi connectivity index (χ0n) is 43.8. The number of amides is 7. The summed E-state index contributed by atoms with van der Waals surface area (Å²) in [4.78, 5) is 130. The Morgan fingerprint density at radius 1 is 0.487 bits per heavy atom. The average molecular weight is 1090 g/mol. The van der Waals surface area contributed by atoms with E-state index in [2.05, 4.69) is 47.2 Å². The lowest BCUT2D eigenvalue weighted by Crippen LogP contribution is -2.61. The van der Waals surface area contributed by atoms with Gasteiger partial charge < -0.3 is 78.6 Å². The number of rotatable bonds is 30. The van der Waals surface area contributed by atoms with Crippen molar-refractivity contribution in [3.8, 4) is 17.2 Å². The number of H-pyrrole nitrogens is 1. The molecule has 0 bridgehead atoms. The van der Waals surface area contributed by atoms with E-state index in [-0.39, 0.29) is 67.6 Å². The van der Waals surface area contributed by atoms with E-state index < -0.39 is 114 Å². The molecule has 25 heteroatoms. The highest BCUT2D eigenvalue weighted by Gasteiger charge is 2.36. The molecule has 0 saturated heterocycles. The Hall–Kier alpha value is -8.58. The van der Waals surface area contributed by atoms with Crippen LogP contribution in [-0.2, 0) is 68.8 Å². The molecule has 0 radical (unpaired) electrons. The summed E-state index contributed by atoms with van der Waals surface area (Å²) in [5.41, 5.74) is 7.72. The number of phenolic OH excluding ortho intramolecular Hbond substituents is 3. The van der Waals surface area contributed by atoms with E-state index in [1.807, 2.05) is 13.8 Å². The number of carboxylic acids is 2. The van der Waals surface area contributed by atoms with Gasteiger partial charge in [0.25, 0.3) is 0 Å². The number of aliphatic hydroxyl groups excluding tert-OH is 1. The largest absolute Gasteiger partial charge is 0.508 e. The first-order valence-electron chi connectivity index (χ1n) is 25.1. The Balaban J connectivity index is 1.67. The molecule has 422 valence electrons. The normalized spacial score (nSPS) is 14.7. The van der Waals surface area contributed by atoms with E-state index in [0.717, 1.165) is 6.92 Å². The minimum atomic E-state index is -1.94. The molecule has 4 rings (SSSR count). The number of aliphatic carboxylic acids is 2. The number of carbonyl (C=O) groups is 9. The highest BCUT2D eigenvalue weighted by atomic mass is 16.4. The molecule has 0 fully saturated rings. The minimum Gasteiger partial charge on any atom is -0.508 e. The number of aromatic hydroxyl groups is 3. The molecule has 4 aromatic rings. The van der Waals surface area contributed by atoms with Crippen LogP contribution in [-0.4, -0.2) is 148 Å². The quantitative estimate of drug-likeness (QED) is 0.0314. The van der Waals surface area contributed by atoms with E-state index in [1.165, 1.54) is 85.3 Å². The van der Waals surface area contributed by atoms with Gasteiger partial charge in [-0.15, -0.1) is 0 Å². The molecule has 0 spiro atoms. The van der Waals surface area contributed by atoms with Gasteiger partial charge in [-0.3, -0.25) is 38.4 Å². The first kappa shape index (κ1) is 62.0. The van der Waals surface area contributed by atoms with Crippen molar-refractivity contribution >= 4 is 53.3 Å². The van der Waals surface area contributed by atoms with Crippen LogP contribution in [0.5, 0.6) is 17.2 Å². The first-order valence-corrected chi connectivity index (χ1v) is 25.1. The monoisotopic (exact) mass is 1090 g/mol. The molecule has 0 aliphatic heterocycles. The van der Waals surface area contributed by atoms with Gasteiger partial charge >= 0.3 is 11.9 Å². The standard InChI is InChI=1S/C53H70N10O15/c1-27(2)18-37(54)46(70)57-42(23-33-25-55-26-56-33)50(74)59-40(21-31-8-14-35(66)15-9-31)49(73)62-43(24-44(68)69)51(75)60-39(20-30-6-12-34(65)13-7-30)48(72)58-38(19-28(3)4)47(71)61-41(22-32-10-16-36(67)17-11-32)52(76)63-45(29(5)64)53(77)78/h6-17,25-29,37-43,45,64-67H,18-24,54H2,1-5H3,(H,55,56)(H,57,70)(H,58,72)(H,59,74)(H,60,75)(H,61,71)(H,62,73)(H,63,76)(H,68,69)(H,77,78). The predicted molar refractivity (Wildman–Crippen MR) is 280 cm³/mol. The van der Waals surface area contributed by atoms with Crippen molar-refractivity contribution in [1.82, 2.24) is 47.2 Å². The number of aliphatic hydroxyl groups is 1. The van der Waals surface area contributed by atoms with Crippen molar-refractivity contribution in [3.05, 3.63) is 108 Å². The predicted octanol–water partition coefficient (Wildman–Crippen LogP) is -0.450. The molecular weight excluding hydrogens is 1020 g/mol. The Kier molecular flexibility index (Phi) is 23.6. The minimum absolute atomic E-state index is 0.0230. The number of aromatic nitrogens is 2. The second kappa shape index (κ2) is 29.6. The maximum absolute atomic E-state index is 14.5. The van der Waals surface area contributed by atoms with Crippen molar-refractivity contribution in [2.24, 2.45) is 17.6 Å². The van der Waals surface area contributed by atoms with Gasteiger partial charge in [0, 0.05) is 37.6 Å². The van der Waals surface area contributed by atoms with Crippen molar-refractivity contribution in [3.63, 3.8) is 0 Å². The van der Waals surface area contributed by atoms with Crippen LogP contribution in [0.2, 0.25) is 0 Å². The number of hydrogen-bond acceptors (Lipinski definition) is 15. The van der Waals surface area contributed by atoms with E-state index in [0.29, 0.717) is 22.4 Å². The molecule has 1 heterocycles. The highest BCUT2D eigenvalue weighted by Crippen LogP contribution is 2.17. The van der Waals surface area contributed by atoms with E-state index in [4.69, 9.17) is 5.73 Å². The van der Waals surface area contributed by atoms with Gasteiger partial charge in [0.1, 0.15) is 53.5 Å². The van der Waals surface area contributed by atoms with Gasteiger partial charge in [-0.05, 0) is 84.7 Å². The Morgan fingerprint density at radius 2 is 0.833 bits per heavy atom. The fourth-order valence-corrected chi connectivity index (χ4v) is 8.04. The number of carbonyl (C=O) groups excluding carboxylic acids is 7. The molecule has 1 aromatic heterocycles. The second-order valence-electron chi connectivity index (χ2n) is 19.8. The number of phenols is 3. The lowest BCUT2D eigenvalue weighted by Gasteiger charge is -2.28. The van der Waals surface area contributed by atoms with E-state index in [9.17, 15) is 73.8 Å². The highest BCUT2D eigenvalue weighted by molar-refractivity contribution is 5.98. The molecule has 78 heavy (non-hydrogen) atoms.